The fourth-order valence-electron chi connectivity index (χ4n) is 4.14. The molecule has 10 nitrogen and oxygen atoms in total. The molecule has 1 saturated heterocycles. The highest BCUT2D eigenvalue weighted by molar-refractivity contribution is 6.40. The van der Waals surface area contributed by atoms with Crippen LogP contribution >= 0.6 is 0 Å². The number of rotatable bonds is 5. The zero-order chi connectivity index (χ0) is 26.0. The molecule has 0 saturated carbocycles. The third-order valence-electron chi connectivity index (χ3n) is 6.12. The number of hydrogen-bond donors (Lipinski definition) is 2. The Kier molecular flexibility index (Phi) is 7.11. The van der Waals surface area contributed by atoms with E-state index in [4.69, 9.17) is 10.5 Å². The van der Waals surface area contributed by atoms with Crippen LogP contribution < -0.4 is 11.1 Å². The fraction of sp³-hybridized carbons (Fsp3) is 0.435. The molecule has 0 bridgehead atoms. The lowest BCUT2D eigenvalue weighted by Gasteiger charge is -2.26. The summed E-state index contributed by atoms with van der Waals surface area (Å²) in [4.78, 5) is 34.9. The molecule has 4 rings (SSSR count). The van der Waals surface area contributed by atoms with Gasteiger partial charge in [-0.2, -0.15) is 18.3 Å². The molecule has 1 aliphatic rings. The highest BCUT2D eigenvalue weighted by Gasteiger charge is 2.32. The molecule has 0 radical (unpaired) electrons. The molecule has 3 N–H and O–H groups in total. The second-order valence-corrected chi connectivity index (χ2v) is 8.51. The lowest BCUT2D eigenvalue weighted by atomic mass is 10.1. The maximum absolute atomic E-state index is 12.9. The predicted octanol–water partition coefficient (Wildman–Crippen LogP) is 3.67. The highest BCUT2D eigenvalue weighted by Crippen LogP contribution is 2.31. The third kappa shape index (κ3) is 5.10. The first kappa shape index (κ1) is 25.4. The predicted molar refractivity (Wildman–Crippen MR) is 124 cm³/mol. The average Bonchev–Trinajstić information content (AvgIpc) is 3.33. The molecule has 4 heterocycles. The van der Waals surface area contributed by atoms with Crippen molar-refractivity contribution in [3.8, 4) is 0 Å². The number of aromatic nitrogens is 4. The number of nitrogens with two attached hydrogens (primary N) is 1. The number of likely N-dealkylation sites (N-methyl/N-ethyl adjacent to an activating group) is 1. The maximum Gasteiger partial charge on any atom is 0.417 e. The van der Waals surface area contributed by atoms with E-state index in [1.54, 1.807) is 17.8 Å². The van der Waals surface area contributed by atoms with Crippen molar-refractivity contribution in [3.63, 3.8) is 0 Å². The Morgan fingerprint density at radius 1 is 1.28 bits per heavy atom. The number of nitrogens with one attached hydrogen (secondary N) is 1. The first-order chi connectivity index (χ1) is 17.1. The summed E-state index contributed by atoms with van der Waals surface area (Å²) in [5, 5.41) is 7.55. The van der Waals surface area contributed by atoms with Gasteiger partial charge in [0.1, 0.15) is 17.6 Å². The van der Waals surface area contributed by atoms with Crippen molar-refractivity contribution >= 4 is 34.2 Å². The van der Waals surface area contributed by atoms with E-state index < -0.39 is 29.6 Å². The Bertz CT molecular complexity index is 1250. The molecule has 3 aromatic rings. The van der Waals surface area contributed by atoms with E-state index in [1.165, 1.54) is 19.3 Å². The smallest absolute Gasteiger partial charge is 0.383 e. The van der Waals surface area contributed by atoms with Crippen LogP contribution in [0.1, 0.15) is 56.1 Å². The van der Waals surface area contributed by atoms with Crippen LogP contribution in [0.3, 0.4) is 0 Å². The van der Waals surface area contributed by atoms with Crippen LogP contribution in [0, 0.1) is 0 Å². The number of nitrogens with zero attached hydrogens (tertiary/aromatic N) is 5. The van der Waals surface area contributed by atoms with Crippen molar-refractivity contribution in [3.05, 3.63) is 42.0 Å². The topological polar surface area (TPSA) is 128 Å². The molecule has 1 fully saturated rings. The number of carbonyl (C=O) groups excluding carboxylic acids is 2. The van der Waals surface area contributed by atoms with Gasteiger partial charge in [0.25, 0.3) is 0 Å². The molecule has 0 spiro atoms. The third-order valence-corrected chi connectivity index (χ3v) is 6.12. The summed E-state index contributed by atoms with van der Waals surface area (Å²) in [5.74, 6) is -1.64. The molecule has 3 aromatic heterocycles. The minimum atomic E-state index is -4.52. The summed E-state index contributed by atoms with van der Waals surface area (Å²) >= 11 is 0. The number of alkyl halides is 3. The molecule has 2 amide bonds. The summed E-state index contributed by atoms with van der Waals surface area (Å²) < 4.78 is 46.0. The van der Waals surface area contributed by atoms with Crippen LogP contribution in [0.25, 0.3) is 10.9 Å². The van der Waals surface area contributed by atoms with Crippen molar-refractivity contribution in [2.75, 3.05) is 24.7 Å². The van der Waals surface area contributed by atoms with Crippen LogP contribution in [0.4, 0.5) is 24.7 Å². The number of ether oxygens (including phenoxy) is 1. The minimum absolute atomic E-state index is 0.196. The Labute approximate surface area is 204 Å². The van der Waals surface area contributed by atoms with E-state index in [0.717, 1.165) is 30.2 Å². The van der Waals surface area contributed by atoms with Crippen molar-refractivity contribution in [1.82, 2.24) is 24.6 Å². The normalized spacial score (nSPS) is 17.1. The second-order valence-electron chi connectivity index (χ2n) is 8.51. The number of carbonyl (C=O) groups is 2. The molecule has 0 aliphatic carbocycles. The number of fused-ring (bicyclic) bond motifs is 1. The van der Waals surface area contributed by atoms with E-state index in [2.05, 4.69) is 20.4 Å². The van der Waals surface area contributed by atoms with Crippen LogP contribution in [-0.2, 0) is 20.5 Å². The standard InChI is InChI=1S/C23H26F3N7O3/c1-3-17(15-8-7-13(10-28-15)23(24,25)26)32(2)22(35)21(34)30-16-11-29-20(27)14-12-33(31-19(14)16)18-6-4-5-9-36-18/h7-8,10-12,17-18H,3-6,9H2,1-2H3,(H2,27,29)(H,30,34). The van der Waals surface area contributed by atoms with E-state index in [0.29, 0.717) is 30.1 Å². The Hall–Kier alpha value is -3.74. The van der Waals surface area contributed by atoms with Gasteiger partial charge in [-0.15, -0.1) is 0 Å². The summed E-state index contributed by atoms with van der Waals surface area (Å²) in [6, 6.07) is 1.39. The first-order valence-corrected chi connectivity index (χ1v) is 11.5. The van der Waals surface area contributed by atoms with Gasteiger partial charge < -0.3 is 20.7 Å². The molecule has 36 heavy (non-hydrogen) atoms. The number of amides is 2. The van der Waals surface area contributed by atoms with Gasteiger partial charge in [0.2, 0.25) is 0 Å². The average molecular weight is 506 g/mol. The van der Waals surface area contributed by atoms with E-state index in [9.17, 15) is 22.8 Å². The second kappa shape index (κ2) is 10.1. The maximum atomic E-state index is 12.9. The van der Waals surface area contributed by atoms with Gasteiger partial charge >= 0.3 is 18.0 Å². The van der Waals surface area contributed by atoms with Gasteiger partial charge in [-0.3, -0.25) is 14.6 Å². The molecule has 13 heteroatoms. The van der Waals surface area contributed by atoms with E-state index >= 15 is 0 Å². The van der Waals surface area contributed by atoms with Gasteiger partial charge in [-0.05, 0) is 37.8 Å². The molecular formula is C23H26F3N7O3. The molecular weight excluding hydrogens is 479 g/mol. The number of pyridine rings is 2. The quantitative estimate of drug-likeness (QED) is 0.506. The summed E-state index contributed by atoms with van der Waals surface area (Å²) in [5.41, 5.74) is 5.89. The SMILES string of the molecule is CCC(c1ccc(C(F)(F)F)cn1)N(C)C(=O)C(=O)Nc1cnc(N)c2cn(C3CCCCO3)nc12. The fourth-order valence-corrected chi connectivity index (χ4v) is 4.14. The minimum Gasteiger partial charge on any atom is -0.383 e. The zero-order valence-corrected chi connectivity index (χ0v) is 19.7. The van der Waals surface area contributed by atoms with Crippen LogP contribution in [0.2, 0.25) is 0 Å². The van der Waals surface area contributed by atoms with Gasteiger partial charge in [0.15, 0.2) is 0 Å². The first-order valence-electron chi connectivity index (χ1n) is 11.5. The summed E-state index contributed by atoms with van der Waals surface area (Å²) in [6.45, 7) is 2.35. The summed E-state index contributed by atoms with van der Waals surface area (Å²) in [6.07, 6.45) is 2.00. The Morgan fingerprint density at radius 2 is 2.06 bits per heavy atom. The van der Waals surface area contributed by atoms with Crippen molar-refractivity contribution in [2.45, 2.75) is 51.1 Å². The number of nitrogen functional groups attached to an aromatic ring is 1. The number of hydrogen-bond acceptors (Lipinski definition) is 7. The van der Waals surface area contributed by atoms with Crippen molar-refractivity contribution in [1.29, 1.82) is 0 Å². The Morgan fingerprint density at radius 3 is 2.67 bits per heavy atom. The number of halogens is 3. The van der Waals surface area contributed by atoms with E-state index in [-0.39, 0.29) is 23.4 Å². The van der Waals surface area contributed by atoms with Gasteiger partial charge in [0, 0.05) is 26.0 Å². The summed E-state index contributed by atoms with van der Waals surface area (Å²) in [7, 11) is 1.39. The molecule has 192 valence electrons. The van der Waals surface area contributed by atoms with Crippen molar-refractivity contribution < 1.29 is 27.5 Å². The van der Waals surface area contributed by atoms with Gasteiger partial charge in [-0.25, -0.2) is 9.67 Å². The van der Waals surface area contributed by atoms with Crippen LogP contribution in [-0.4, -0.2) is 50.1 Å². The Balaban J connectivity index is 1.53. The van der Waals surface area contributed by atoms with Crippen LogP contribution in [0.15, 0.2) is 30.7 Å². The van der Waals surface area contributed by atoms with Gasteiger partial charge in [-0.1, -0.05) is 6.92 Å². The van der Waals surface area contributed by atoms with Crippen molar-refractivity contribution in [2.24, 2.45) is 0 Å². The highest BCUT2D eigenvalue weighted by atomic mass is 19.4. The number of anilines is 2. The lowest BCUT2D eigenvalue weighted by molar-refractivity contribution is -0.143. The molecule has 1 aliphatic heterocycles. The lowest BCUT2D eigenvalue weighted by Crippen LogP contribution is -2.39. The zero-order valence-electron chi connectivity index (χ0n) is 19.7. The molecule has 2 atom stereocenters. The largest absolute Gasteiger partial charge is 0.417 e. The molecule has 2 unspecified atom stereocenters. The van der Waals surface area contributed by atoms with E-state index in [1.807, 2.05) is 0 Å². The van der Waals surface area contributed by atoms with Crippen LogP contribution in [0.5, 0.6) is 0 Å². The monoisotopic (exact) mass is 505 g/mol. The van der Waals surface area contributed by atoms with Gasteiger partial charge in [0.05, 0.1) is 34.6 Å². The molecule has 0 aromatic carbocycles.